The molecule has 16 heavy (non-hydrogen) atoms. The number of hydrogen-bond acceptors (Lipinski definition) is 2. The smallest absolute Gasteiger partial charge is 0.317 e. The summed E-state index contributed by atoms with van der Waals surface area (Å²) in [5.41, 5.74) is 1.14. The highest BCUT2D eigenvalue weighted by Crippen LogP contribution is 2.25. The van der Waals surface area contributed by atoms with E-state index in [-0.39, 0.29) is 12.6 Å². The van der Waals surface area contributed by atoms with Crippen LogP contribution in [0.2, 0.25) is 0 Å². The predicted octanol–water partition coefficient (Wildman–Crippen LogP) is 2.92. The van der Waals surface area contributed by atoms with Crippen molar-refractivity contribution in [3.05, 3.63) is 34.3 Å². The van der Waals surface area contributed by atoms with Gasteiger partial charge in [0.05, 0.1) is 6.54 Å². The van der Waals surface area contributed by atoms with Crippen LogP contribution in [-0.4, -0.2) is 29.6 Å². The first kappa shape index (κ1) is 13.2. The first-order valence-electron chi connectivity index (χ1n) is 5.22. The number of carboxylic acids is 1. The second kappa shape index (κ2) is 6.01. The molecule has 0 radical (unpaired) electrons. The molecule has 0 heterocycles. The minimum absolute atomic E-state index is 0.0605. The Morgan fingerprint density at radius 3 is 2.75 bits per heavy atom. The fraction of sp³-hybridized carbons (Fsp3) is 0.417. The van der Waals surface area contributed by atoms with E-state index < -0.39 is 5.97 Å². The third-order valence-electron chi connectivity index (χ3n) is 2.54. The highest BCUT2D eigenvalue weighted by Gasteiger charge is 2.17. The van der Waals surface area contributed by atoms with Gasteiger partial charge in [0, 0.05) is 10.5 Å². The minimum atomic E-state index is -0.795. The zero-order valence-corrected chi connectivity index (χ0v) is 11.1. The summed E-state index contributed by atoms with van der Waals surface area (Å²) in [7, 11) is 1.84. The summed E-state index contributed by atoms with van der Waals surface area (Å²) in [5.74, 6) is -0.795. The van der Waals surface area contributed by atoms with Crippen LogP contribution in [0.5, 0.6) is 0 Å². The van der Waals surface area contributed by atoms with Crippen LogP contribution in [0.15, 0.2) is 28.7 Å². The standard InChI is InChI=1S/C12H16BrNO2/c1-3-11(14(2)8-12(15)16)9-5-4-6-10(13)7-9/h4-7,11H,3,8H2,1-2H3,(H,15,16). The van der Waals surface area contributed by atoms with Crippen molar-refractivity contribution in [3.8, 4) is 0 Å². The number of carbonyl (C=O) groups is 1. The Hall–Kier alpha value is -0.870. The summed E-state index contributed by atoms with van der Waals surface area (Å²) in [5, 5.41) is 8.78. The molecule has 0 aliphatic rings. The van der Waals surface area contributed by atoms with Crippen molar-refractivity contribution in [2.24, 2.45) is 0 Å². The maximum atomic E-state index is 10.7. The third kappa shape index (κ3) is 3.61. The number of halogens is 1. The van der Waals surface area contributed by atoms with E-state index in [1.807, 2.05) is 36.2 Å². The van der Waals surface area contributed by atoms with Crippen LogP contribution in [0.1, 0.15) is 24.9 Å². The van der Waals surface area contributed by atoms with Gasteiger partial charge in [-0.25, -0.2) is 0 Å². The molecule has 0 saturated heterocycles. The molecule has 4 heteroatoms. The summed E-state index contributed by atoms with van der Waals surface area (Å²) in [6, 6.07) is 8.14. The Bertz CT molecular complexity index is 368. The van der Waals surface area contributed by atoms with E-state index in [0.29, 0.717) is 0 Å². The summed E-state index contributed by atoms with van der Waals surface area (Å²) in [6.07, 6.45) is 0.889. The summed E-state index contributed by atoms with van der Waals surface area (Å²) < 4.78 is 1.02. The Balaban J connectivity index is 2.85. The highest BCUT2D eigenvalue weighted by atomic mass is 79.9. The summed E-state index contributed by atoms with van der Waals surface area (Å²) >= 11 is 3.42. The average molecular weight is 286 g/mol. The topological polar surface area (TPSA) is 40.5 Å². The molecule has 0 amide bonds. The number of carboxylic acid groups (broad SMARTS) is 1. The van der Waals surface area contributed by atoms with Gasteiger partial charge in [-0.3, -0.25) is 9.69 Å². The van der Waals surface area contributed by atoms with Gasteiger partial charge in [0.1, 0.15) is 0 Å². The highest BCUT2D eigenvalue weighted by molar-refractivity contribution is 9.10. The molecule has 0 aromatic heterocycles. The average Bonchev–Trinajstić information content (AvgIpc) is 2.17. The lowest BCUT2D eigenvalue weighted by atomic mass is 10.0. The molecule has 0 saturated carbocycles. The maximum Gasteiger partial charge on any atom is 0.317 e. The lowest BCUT2D eigenvalue weighted by Crippen LogP contribution is -2.29. The molecule has 88 valence electrons. The van der Waals surface area contributed by atoms with Gasteiger partial charge < -0.3 is 5.11 Å². The zero-order chi connectivity index (χ0) is 12.1. The zero-order valence-electron chi connectivity index (χ0n) is 9.48. The van der Waals surface area contributed by atoms with Gasteiger partial charge >= 0.3 is 5.97 Å². The lowest BCUT2D eigenvalue weighted by molar-refractivity contribution is -0.138. The van der Waals surface area contributed by atoms with Gasteiger partial charge in [0.25, 0.3) is 0 Å². The van der Waals surface area contributed by atoms with Crippen molar-refractivity contribution in [1.82, 2.24) is 4.90 Å². The van der Waals surface area contributed by atoms with Crippen LogP contribution in [0.4, 0.5) is 0 Å². The van der Waals surface area contributed by atoms with Crippen LogP contribution in [0.25, 0.3) is 0 Å². The molecule has 1 N–H and O–H groups in total. The lowest BCUT2D eigenvalue weighted by Gasteiger charge is -2.26. The molecule has 0 fully saturated rings. The first-order chi connectivity index (χ1) is 7.54. The second-order valence-electron chi connectivity index (χ2n) is 3.79. The van der Waals surface area contributed by atoms with Crippen molar-refractivity contribution in [2.45, 2.75) is 19.4 Å². The molecule has 1 atom stereocenters. The number of benzene rings is 1. The fourth-order valence-electron chi connectivity index (χ4n) is 1.84. The predicted molar refractivity (Wildman–Crippen MR) is 67.4 cm³/mol. The molecular formula is C12H16BrNO2. The molecule has 0 bridgehead atoms. The number of likely N-dealkylation sites (N-methyl/N-ethyl adjacent to an activating group) is 1. The van der Waals surface area contributed by atoms with E-state index in [1.165, 1.54) is 0 Å². The maximum absolute atomic E-state index is 10.7. The molecule has 3 nitrogen and oxygen atoms in total. The van der Waals surface area contributed by atoms with Crippen molar-refractivity contribution in [2.75, 3.05) is 13.6 Å². The van der Waals surface area contributed by atoms with Crippen LogP contribution in [0, 0.1) is 0 Å². The van der Waals surface area contributed by atoms with Crippen LogP contribution in [-0.2, 0) is 4.79 Å². The molecule has 0 aliphatic carbocycles. The van der Waals surface area contributed by atoms with Crippen molar-refractivity contribution >= 4 is 21.9 Å². The largest absolute Gasteiger partial charge is 0.480 e. The SMILES string of the molecule is CCC(c1cccc(Br)c1)N(C)CC(=O)O. The second-order valence-corrected chi connectivity index (χ2v) is 4.70. The number of nitrogens with zero attached hydrogens (tertiary/aromatic N) is 1. The van der Waals surface area contributed by atoms with E-state index in [0.717, 1.165) is 16.5 Å². The molecular weight excluding hydrogens is 270 g/mol. The Kier molecular flexibility index (Phi) is 4.96. The normalized spacial score (nSPS) is 12.8. The van der Waals surface area contributed by atoms with Gasteiger partial charge in [0.15, 0.2) is 0 Å². The summed E-state index contributed by atoms with van der Waals surface area (Å²) in [4.78, 5) is 12.5. The van der Waals surface area contributed by atoms with Gasteiger partial charge in [-0.2, -0.15) is 0 Å². The Morgan fingerprint density at radius 2 is 2.25 bits per heavy atom. The molecule has 0 spiro atoms. The Labute approximate surface area is 104 Å². The van der Waals surface area contributed by atoms with Crippen molar-refractivity contribution in [1.29, 1.82) is 0 Å². The minimum Gasteiger partial charge on any atom is -0.480 e. The van der Waals surface area contributed by atoms with Crippen molar-refractivity contribution < 1.29 is 9.90 Å². The quantitative estimate of drug-likeness (QED) is 0.904. The molecule has 0 aliphatic heterocycles. The number of hydrogen-bond donors (Lipinski definition) is 1. The van der Waals surface area contributed by atoms with Gasteiger partial charge in [-0.15, -0.1) is 0 Å². The number of aliphatic carboxylic acids is 1. The molecule has 1 aromatic carbocycles. The molecule has 1 rings (SSSR count). The van der Waals surface area contributed by atoms with Crippen LogP contribution < -0.4 is 0 Å². The van der Waals surface area contributed by atoms with Crippen LogP contribution in [0.3, 0.4) is 0 Å². The van der Waals surface area contributed by atoms with Gasteiger partial charge in [0.2, 0.25) is 0 Å². The van der Waals surface area contributed by atoms with E-state index in [9.17, 15) is 4.79 Å². The molecule has 1 unspecified atom stereocenters. The van der Waals surface area contributed by atoms with E-state index in [4.69, 9.17) is 5.11 Å². The van der Waals surface area contributed by atoms with Crippen molar-refractivity contribution in [3.63, 3.8) is 0 Å². The van der Waals surface area contributed by atoms with Gasteiger partial charge in [-0.1, -0.05) is 35.0 Å². The third-order valence-corrected chi connectivity index (χ3v) is 3.03. The summed E-state index contributed by atoms with van der Waals surface area (Å²) in [6.45, 7) is 2.12. The van der Waals surface area contributed by atoms with E-state index in [1.54, 1.807) is 0 Å². The number of rotatable bonds is 5. The van der Waals surface area contributed by atoms with Crippen LogP contribution >= 0.6 is 15.9 Å². The Morgan fingerprint density at radius 1 is 1.56 bits per heavy atom. The van der Waals surface area contributed by atoms with Gasteiger partial charge in [-0.05, 0) is 31.2 Å². The van der Waals surface area contributed by atoms with E-state index >= 15 is 0 Å². The first-order valence-corrected chi connectivity index (χ1v) is 6.01. The monoisotopic (exact) mass is 285 g/mol. The molecule has 1 aromatic rings. The fourth-order valence-corrected chi connectivity index (χ4v) is 2.26. The van der Waals surface area contributed by atoms with E-state index in [2.05, 4.69) is 22.9 Å².